The molecule has 0 unspecified atom stereocenters. The van der Waals surface area contributed by atoms with Crippen molar-refractivity contribution in [2.45, 2.75) is 47.1 Å². The second kappa shape index (κ2) is 13.1. The molecule has 0 aromatic heterocycles. The Morgan fingerprint density at radius 3 is 1.31 bits per heavy atom. The average molecular weight is 251 g/mol. The van der Waals surface area contributed by atoms with Crippen molar-refractivity contribution < 1.29 is 13.3 Å². The molecule has 0 heterocycles. The SMILES string of the molecule is CCC[Si](OCC)(OCC)OCC.CCN. The molecule has 0 aliphatic carbocycles. The van der Waals surface area contributed by atoms with Crippen LogP contribution >= 0.6 is 0 Å². The van der Waals surface area contributed by atoms with Gasteiger partial charge in [0.05, 0.1) is 0 Å². The zero-order chi connectivity index (χ0) is 12.9. The molecule has 5 heteroatoms. The third-order valence-corrected chi connectivity index (χ3v) is 4.95. The average Bonchev–Trinajstić information content (AvgIpc) is 2.20. The molecule has 0 aromatic rings. The minimum absolute atomic E-state index is 0.673. The first-order chi connectivity index (χ1) is 7.66. The summed E-state index contributed by atoms with van der Waals surface area (Å²) in [4.78, 5) is 0. The van der Waals surface area contributed by atoms with Crippen molar-refractivity contribution in [1.82, 2.24) is 0 Å². The van der Waals surface area contributed by atoms with Gasteiger partial charge in [-0.05, 0) is 27.3 Å². The maximum Gasteiger partial charge on any atom is 0.500 e. The van der Waals surface area contributed by atoms with Gasteiger partial charge in [-0.25, -0.2) is 0 Å². The standard InChI is InChI=1S/C9H22O3Si.C2H7N/c1-5-9-13(10-6-2,11-7-3)12-8-4;1-2-3/h5-9H2,1-4H3;2-3H2,1H3. The number of nitrogens with two attached hydrogens (primary N) is 1. The molecule has 0 saturated heterocycles. The van der Waals surface area contributed by atoms with E-state index in [4.69, 9.17) is 19.0 Å². The molecule has 0 aliphatic rings. The Labute approximate surface area is 102 Å². The maximum atomic E-state index is 5.65. The molecular weight excluding hydrogens is 222 g/mol. The third kappa shape index (κ3) is 9.29. The lowest BCUT2D eigenvalue weighted by Gasteiger charge is -2.27. The van der Waals surface area contributed by atoms with Crippen LogP contribution in [0.15, 0.2) is 0 Å². The van der Waals surface area contributed by atoms with Crippen LogP contribution in [0.4, 0.5) is 0 Å². The second-order valence-corrected chi connectivity index (χ2v) is 5.87. The number of hydrogen-bond acceptors (Lipinski definition) is 4. The highest BCUT2D eigenvalue weighted by molar-refractivity contribution is 6.60. The van der Waals surface area contributed by atoms with Crippen molar-refractivity contribution in [2.24, 2.45) is 5.73 Å². The molecule has 4 nitrogen and oxygen atoms in total. The van der Waals surface area contributed by atoms with Crippen molar-refractivity contribution in [2.75, 3.05) is 26.4 Å². The Balaban J connectivity index is 0. The third-order valence-electron chi connectivity index (χ3n) is 1.65. The molecule has 0 aromatic carbocycles. The van der Waals surface area contributed by atoms with Crippen LogP contribution in [0.5, 0.6) is 0 Å². The van der Waals surface area contributed by atoms with Gasteiger partial charge in [0.2, 0.25) is 0 Å². The summed E-state index contributed by atoms with van der Waals surface area (Å²) >= 11 is 0. The molecule has 0 aliphatic heterocycles. The van der Waals surface area contributed by atoms with E-state index in [-0.39, 0.29) is 0 Å². The zero-order valence-corrected chi connectivity index (χ0v) is 12.5. The van der Waals surface area contributed by atoms with Crippen molar-refractivity contribution in [3.63, 3.8) is 0 Å². The molecular formula is C11H29NO3Si. The smallest absolute Gasteiger partial charge is 0.374 e. The lowest BCUT2D eigenvalue weighted by Crippen LogP contribution is -2.45. The fourth-order valence-electron chi connectivity index (χ4n) is 1.31. The molecule has 0 saturated carbocycles. The summed E-state index contributed by atoms with van der Waals surface area (Å²) in [5, 5.41) is 0. The normalized spacial score (nSPS) is 10.9. The van der Waals surface area contributed by atoms with Crippen LogP contribution in [0.3, 0.4) is 0 Å². The molecule has 100 valence electrons. The summed E-state index contributed by atoms with van der Waals surface area (Å²) < 4.78 is 16.9. The van der Waals surface area contributed by atoms with E-state index < -0.39 is 8.80 Å². The largest absolute Gasteiger partial charge is 0.500 e. The van der Waals surface area contributed by atoms with Crippen molar-refractivity contribution in [3.8, 4) is 0 Å². The molecule has 0 radical (unpaired) electrons. The lowest BCUT2D eigenvalue weighted by atomic mass is 10.6. The van der Waals surface area contributed by atoms with Crippen LogP contribution in [-0.2, 0) is 13.3 Å². The Kier molecular flexibility index (Phi) is 15.1. The molecule has 0 fully saturated rings. The monoisotopic (exact) mass is 251 g/mol. The maximum absolute atomic E-state index is 5.65. The van der Waals surface area contributed by atoms with Crippen molar-refractivity contribution in [1.29, 1.82) is 0 Å². The van der Waals surface area contributed by atoms with Crippen LogP contribution in [0.2, 0.25) is 6.04 Å². The summed E-state index contributed by atoms with van der Waals surface area (Å²) in [5.41, 5.74) is 4.85. The number of rotatable bonds is 8. The summed E-state index contributed by atoms with van der Waals surface area (Å²) in [7, 11) is -2.30. The highest BCUT2D eigenvalue weighted by Gasteiger charge is 2.38. The van der Waals surface area contributed by atoms with Gasteiger partial charge in [-0.1, -0.05) is 20.3 Å². The van der Waals surface area contributed by atoms with Crippen molar-refractivity contribution in [3.05, 3.63) is 0 Å². The quantitative estimate of drug-likeness (QED) is 0.673. The fraction of sp³-hybridized carbons (Fsp3) is 1.00. The van der Waals surface area contributed by atoms with E-state index in [1.807, 2.05) is 27.7 Å². The first-order valence-corrected chi connectivity index (χ1v) is 8.21. The van der Waals surface area contributed by atoms with Crippen LogP contribution in [0, 0.1) is 0 Å². The van der Waals surface area contributed by atoms with Gasteiger partial charge in [0.1, 0.15) is 0 Å². The van der Waals surface area contributed by atoms with Gasteiger partial charge in [0.25, 0.3) is 0 Å². The topological polar surface area (TPSA) is 53.7 Å². The molecule has 0 amide bonds. The molecule has 0 spiro atoms. The van der Waals surface area contributed by atoms with Crippen LogP contribution < -0.4 is 5.73 Å². The predicted molar refractivity (Wildman–Crippen MR) is 70.5 cm³/mol. The van der Waals surface area contributed by atoms with E-state index in [1.165, 1.54) is 0 Å². The van der Waals surface area contributed by atoms with Gasteiger partial charge in [-0.2, -0.15) is 0 Å². The van der Waals surface area contributed by atoms with Gasteiger partial charge in [0, 0.05) is 25.9 Å². The second-order valence-electron chi connectivity index (χ2n) is 3.14. The first kappa shape index (κ1) is 18.4. The Bertz CT molecular complexity index is 107. The van der Waals surface area contributed by atoms with E-state index in [9.17, 15) is 0 Å². The van der Waals surface area contributed by atoms with E-state index in [0.29, 0.717) is 19.8 Å². The Hall–Kier alpha value is 0.0569. The molecule has 0 rings (SSSR count). The van der Waals surface area contributed by atoms with E-state index in [1.54, 1.807) is 0 Å². The fourth-order valence-corrected chi connectivity index (χ4v) is 3.92. The lowest BCUT2D eigenvalue weighted by molar-refractivity contribution is 0.0712. The zero-order valence-electron chi connectivity index (χ0n) is 11.5. The van der Waals surface area contributed by atoms with Gasteiger partial charge in [-0.15, -0.1) is 0 Å². The van der Waals surface area contributed by atoms with Crippen molar-refractivity contribution >= 4 is 8.80 Å². The van der Waals surface area contributed by atoms with Gasteiger partial charge < -0.3 is 19.0 Å². The predicted octanol–water partition coefficient (Wildman–Crippen LogP) is 2.41. The summed E-state index contributed by atoms with van der Waals surface area (Å²) in [6.45, 7) is 12.7. The minimum atomic E-state index is -2.30. The van der Waals surface area contributed by atoms with Crippen LogP contribution in [-0.4, -0.2) is 35.2 Å². The molecule has 0 bridgehead atoms. The number of hydrogen-bond donors (Lipinski definition) is 1. The van der Waals surface area contributed by atoms with Gasteiger partial charge in [0.15, 0.2) is 0 Å². The molecule has 16 heavy (non-hydrogen) atoms. The minimum Gasteiger partial charge on any atom is -0.374 e. The Morgan fingerprint density at radius 2 is 1.12 bits per heavy atom. The van der Waals surface area contributed by atoms with Crippen LogP contribution in [0.1, 0.15) is 41.0 Å². The summed E-state index contributed by atoms with van der Waals surface area (Å²) in [6, 6.07) is 0.919. The first-order valence-electron chi connectivity index (χ1n) is 6.28. The van der Waals surface area contributed by atoms with Gasteiger partial charge >= 0.3 is 8.80 Å². The van der Waals surface area contributed by atoms with E-state index in [2.05, 4.69) is 6.92 Å². The summed E-state index contributed by atoms with van der Waals surface area (Å²) in [6.07, 6.45) is 1.05. The highest BCUT2D eigenvalue weighted by atomic mass is 28.4. The summed E-state index contributed by atoms with van der Waals surface area (Å²) in [5.74, 6) is 0. The van der Waals surface area contributed by atoms with Gasteiger partial charge in [-0.3, -0.25) is 0 Å². The molecule has 2 N–H and O–H groups in total. The highest BCUT2D eigenvalue weighted by Crippen LogP contribution is 2.17. The van der Waals surface area contributed by atoms with E-state index >= 15 is 0 Å². The van der Waals surface area contributed by atoms with E-state index in [0.717, 1.165) is 19.0 Å². The molecule has 0 atom stereocenters. The van der Waals surface area contributed by atoms with Crippen LogP contribution in [0.25, 0.3) is 0 Å². The Morgan fingerprint density at radius 1 is 0.812 bits per heavy atom.